The van der Waals surface area contributed by atoms with Crippen LogP contribution in [-0.4, -0.2) is 35.1 Å². The van der Waals surface area contributed by atoms with Crippen molar-refractivity contribution < 1.29 is 9.59 Å². The Hall–Kier alpha value is -1.10. The summed E-state index contributed by atoms with van der Waals surface area (Å²) in [5, 5.41) is 6.27. The summed E-state index contributed by atoms with van der Waals surface area (Å²) in [4.78, 5) is 26.4. The van der Waals surface area contributed by atoms with Crippen LogP contribution in [0.5, 0.6) is 0 Å². The summed E-state index contributed by atoms with van der Waals surface area (Å²) < 4.78 is 0. The van der Waals surface area contributed by atoms with E-state index in [-0.39, 0.29) is 18.1 Å². The molecule has 3 amide bonds. The van der Waals surface area contributed by atoms with Crippen molar-refractivity contribution in [1.29, 1.82) is 0 Å². The molecule has 2 unspecified atom stereocenters. The molecule has 0 aromatic carbocycles. The average Bonchev–Trinajstić information content (AvgIpc) is 2.66. The lowest BCUT2D eigenvalue weighted by Gasteiger charge is -2.38. The van der Waals surface area contributed by atoms with Gasteiger partial charge in [0.15, 0.2) is 0 Å². The number of imide groups is 1. The standard InChI is InChI=1S/C18H33N3O2/c1-4-5-6-7-8-9-13-19-14(2)21-16(22)18(3,20-17(21)23)15-11-10-12-15/h14-15,19H,4-13H2,1-3H3,(H,20,23). The highest BCUT2D eigenvalue weighted by atomic mass is 16.2. The summed E-state index contributed by atoms with van der Waals surface area (Å²) in [6, 6.07) is -0.243. The van der Waals surface area contributed by atoms with Gasteiger partial charge >= 0.3 is 6.03 Å². The van der Waals surface area contributed by atoms with Crippen LogP contribution in [0, 0.1) is 5.92 Å². The van der Waals surface area contributed by atoms with Crippen molar-refractivity contribution in [3.63, 3.8) is 0 Å². The first-order valence-electron chi connectivity index (χ1n) is 9.40. The lowest BCUT2D eigenvalue weighted by Crippen LogP contribution is -2.54. The third-order valence-corrected chi connectivity index (χ3v) is 5.53. The van der Waals surface area contributed by atoms with Crippen LogP contribution in [0.25, 0.3) is 0 Å². The zero-order valence-corrected chi connectivity index (χ0v) is 15.0. The number of carbonyl (C=O) groups excluding carboxylic acids is 2. The van der Waals surface area contributed by atoms with Crippen LogP contribution >= 0.6 is 0 Å². The summed E-state index contributed by atoms with van der Waals surface area (Å²) in [5.74, 6) is 0.241. The highest BCUT2D eigenvalue weighted by Crippen LogP contribution is 2.39. The van der Waals surface area contributed by atoms with Crippen molar-refractivity contribution in [3.8, 4) is 0 Å². The van der Waals surface area contributed by atoms with E-state index in [0.717, 1.165) is 32.2 Å². The quantitative estimate of drug-likeness (QED) is 0.478. The molecule has 0 bridgehead atoms. The highest BCUT2D eigenvalue weighted by Gasteiger charge is 2.54. The molecule has 1 heterocycles. The average molecular weight is 323 g/mol. The summed E-state index contributed by atoms with van der Waals surface area (Å²) in [6.07, 6.45) is 10.5. The predicted molar refractivity (Wildman–Crippen MR) is 92.0 cm³/mol. The molecule has 2 atom stereocenters. The van der Waals surface area contributed by atoms with Crippen LogP contribution in [0.2, 0.25) is 0 Å². The maximum atomic E-state index is 12.7. The molecule has 2 N–H and O–H groups in total. The minimum Gasteiger partial charge on any atom is -0.323 e. The van der Waals surface area contributed by atoms with Gasteiger partial charge in [-0.1, -0.05) is 45.4 Å². The summed E-state index contributed by atoms with van der Waals surface area (Å²) in [5.41, 5.74) is -0.689. The van der Waals surface area contributed by atoms with Crippen molar-refractivity contribution >= 4 is 11.9 Å². The molecule has 0 aromatic heterocycles. The first kappa shape index (κ1) is 18.2. The fourth-order valence-electron chi connectivity index (χ4n) is 3.60. The number of urea groups is 1. The Kier molecular flexibility index (Phi) is 6.45. The highest BCUT2D eigenvalue weighted by molar-refractivity contribution is 6.07. The minimum atomic E-state index is -0.689. The third kappa shape index (κ3) is 4.06. The Labute approximate surface area is 140 Å². The van der Waals surface area contributed by atoms with E-state index in [9.17, 15) is 9.59 Å². The first-order valence-corrected chi connectivity index (χ1v) is 9.40. The van der Waals surface area contributed by atoms with Gasteiger partial charge in [-0.05, 0) is 45.6 Å². The monoisotopic (exact) mass is 323 g/mol. The van der Waals surface area contributed by atoms with Gasteiger partial charge in [-0.3, -0.25) is 10.1 Å². The zero-order valence-electron chi connectivity index (χ0n) is 15.0. The van der Waals surface area contributed by atoms with E-state index in [1.165, 1.54) is 37.0 Å². The lowest BCUT2D eigenvalue weighted by molar-refractivity contribution is -0.135. The number of hydrogen-bond donors (Lipinski definition) is 2. The van der Waals surface area contributed by atoms with Crippen molar-refractivity contribution in [1.82, 2.24) is 15.5 Å². The predicted octanol–water partition coefficient (Wildman–Crippen LogP) is 3.39. The van der Waals surface area contributed by atoms with Crippen molar-refractivity contribution in [2.24, 2.45) is 5.92 Å². The molecule has 2 fully saturated rings. The molecule has 0 radical (unpaired) electrons. The maximum Gasteiger partial charge on any atom is 0.326 e. The minimum absolute atomic E-state index is 0.0601. The number of rotatable bonds is 10. The Morgan fingerprint density at radius 1 is 1.22 bits per heavy atom. The molecule has 2 rings (SSSR count). The second kappa shape index (κ2) is 8.13. The van der Waals surface area contributed by atoms with E-state index in [1.807, 2.05) is 13.8 Å². The van der Waals surface area contributed by atoms with Crippen LogP contribution in [0.4, 0.5) is 4.79 Å². The van der Waals surface area contributed by atoms with Gasteiger partial charge < -0.3 is 5.32 Å². The number of unbranched alkanes of at least 4 members (excludes halogenated alkanes) is 5. The fourth-order valence-corrected chi connectivity index (χ4v) is 3.60. The maximum absolute atomic E-state index is 12.7. The van der Waals surface area contributed by atoms with Crippen LogP contribution < -0.4 is 10.6 Å². The number of nitrogens with zero attached hydrogens (tertiary/aromatic N) is 1. The van der Waals surface area contributed by atoms with Gasteiger partial charge in [-0.2, -0.15) is 0 Å². The van der Waals surface area contributed by atoms with E-state index in [0.29, 0.717) is 5.92 Å². The molecule has 132 valence electrons. The lowest BCUT2D eigenvalue weighted by atomic mass is 9.71. The van der Waals surface area contributed by atoms with Gasteiger partial charge in [0, 0.05) is 0 Å². The Balaban J connectivity index is 1.74. The fraction of sp³-hybridized carbons (Fsp3) is 0.889. The van der Waals surface area contributed by atoms with E-state index in [2.05, 4.69) is 17.6 Å². The van der Waals surface area contributed by atoms with E-state index in [1.54, 1.807) is 0 Å². The molecule has 2 aliphatic rings. The molecule has 5 heteroatoms. The van der Waals surface area contributed by atoms with E-state index < -0.39 is 5.54 Å². The Morgan fingerprint density at radius 2 is 1.87 bits per heavy atom. The number of hydrogen-bond acceptors (Lipinski definition) is 3. The van der Waals surface area contributed by atoms with Gasteiger partial charge in [0.1, 0.15) is 5.54 Å². The Bertz CT molecular complexity index is 422. The molecule has 0 aromatic rings. The van der Waals surface area contributed by atoms with Crippen molar-refractivity contribution in [2.75, 3.05) is 6.54 Å². The zero-order chi connectivity index (χ0) is 16.9. The molecule has 23 heavy (non-hydrogen) atoms. The number of nitrogens with one attached hydrogen (secondary N) is 2. The summed E-state index contributed by atoms with van der Waals surface area (Å²) >= 11 is 0. The molecular formula is C18H33N3O2. The van der Waals surface area contributed by atoms with Crippen molar-refractivity contribution in [3.05, 3.63) is 0 Å². The molecule has 1 aliphatic carbocycles. The smallest absolute Gasteiger partial charge is 0.323 e. The van der Waals surface area contributed by atoms with E-state index in [4.69, 9.17) is 0 Å². The molecule has 5 nitrogen and oxygen atoms in total. The third-order valence-electron chi connectivity index (χ3n) is 5.53. The molecular weight excluding hydrogens is 290 g/mol. The summed E-state index contributed by atoms with van der Waals surface area (Å²) in [6.45, 7) is 6.86. The van der Waals surface area contributed by atoms with Crippen LogP contribution in [-0.2, 0) is 4.79 Å². The normalized spacial score (nSPS) is 26.3. The van der Waals surface area contributed by atoms with Gasteiger partial charge in [0.05, 0.1) is 6.17 Å². The van der Waals surface area contributed by atoms with Crippen LogP contribution in [0.3, 0.4) is 0 Å². The SMILES string of the molecule is CCCCCCCCNC(C)N1C(=O)NC(C)(C2CCC2)C1=O. The van der Waals surface area contributed by atoms with Gasteiger partial charge in [0.2, 0.25) is 0 Å². The Morgan fingerprint density at radius 3 is 2.48 bits per heavy atom. The summed E-state index contributed by atoms with van der Waals surface area (Å²) in [7, 11) is 0. The van der Waals surface area contributed by atoms with Gasteiger partial charge in [-0.15, -0.1) is 0 Å². The first-order chi connectivity index (χ1) is 11.0. The van der Waals surface area contributed by atoms with E-state index >= 15 is 0 Å². The van der Waals surface area contributed by atoms with Crippen LogP contribution in [0.1, 0.15) is 78.6 Å². The molecule has 1 aliphatic heterocycles. The number of amides is 3. The molecule has 0 spiro atoms. The molecule has 1 saturated carbocycles. The van der Waals surface area contributed by atoms with Crippen molar-refractivity contribution in [2.45, 2.75) is 90.3 Å². The number of carbonyl (C=O) groups is 2. The largest absolute Gasteiger partial charge is 0.326 e. The van der Waals surface area contributed by atoms with Crippen LogP contribution in [0.15, 0.2) is 0 Å². The second-order valence-electron chi connectivity index (χ2n) is 7.33. The topological polar surface area (TPSA) is 61.4 Å². The molecule has 1 saturated heterocycles. The second-order valence-corrected chi connectivity index (χ2v) is 7.33. The van der Waals surface area contributed by atoms with Gasteiger partial charge in [-0.25, -0.2) is 9.69 Å². The van der Waals surface area contributed by atoms with Gasteiger partial charge in [0.25, 0.3) is 5.91 Å².